The highest BCUT2D eigenvalue weighted by Gasteiger charge is 2.64. The van der Waals surface area contributed by atoms with Gasteiger partial charge in [-0.25, -0.2) is 4.98 Å². The van der Waals surface area contributed by atoms with Crippen molar-refractivity contribution in [1.82, 2.24) is 35.5 Å². The Morgan fingerprint density at radius 3 is 2.42 bits per heavy atom. The Kier molecular flexibility index (Phi) is 9.86. The van der Waals surface area contributed by atoms with Gasteiger partial charge < -0.3 is 24.8 Å². The molecular weight excluding hydrogens is 784 g/mol. The molecule has 2 aromatic carbocycles. The Bertz CT molecular complexity index is 2460. The lowest BCUT2D eigenvalue weighted by molar-refractivity contribution is -0.164. The molecule has 16 heteroatoms. The Morgan fingerprint density at radius 2 is 1.75 bits per heavy atom. The second kappa shape index (κ2) is 14.8. The molecule has 15 nitrogen and oxygen atoms in total. The van der Waals surface area contributed by atoms with Crippen molar-refractivity contribution in [2.24, 2.45) is 22.2 Å². The maximum Gasteiger partial charge on any atom is 0.278 e. The van der Waals surface area contributed by atoms with Crippen LogP contribution in [0.5, 0.6) is 5.75 Å². The van der Waals surface area contributed by atoms with Crippen molar-refractivity contribution in [2.75, 3.05) is 55.6 Å². The smallest absolute Gasteiger partial charge is 0.278 e. The number of pyridine rings is 1. The molecule has 312 valence electrons. The van der Waals surface area contributed by atoms with E-state index >= 15 is 0 Å². The maximum atomic E-state index is 13.5. The van der Waals surface area contributed by atoms with E-state index in [2.05, 4.69) is 69.4 Å². The topological polar surface area (TPSA) is 179 Å². The van der Waals surface area contributed by atoms with E-state index in [9.17, 15) is 24.4 Å². The van der Waals surface area contributed by atoms with Gasteiger partial charge in [0.05, 0.1) is 21.5 Å². The molecule has 3 amide bonds. The average Bonchev–Trinajstić information content (AvgIpc) is 3.20. The van der Waals surface area contributed by atoms with Gasteiger partial charge in [0.1, 0.15) is 35.3 Å². The van der Waals surface area contributed by atoms with Crippen LogP contribution in [0.15, 0.2) is 59.5 Å². The summed E-state index contributed by atoms with van der Waals surface area (Å²) in [7, 11) is 0. The highest BCUT2D eigenvalue weighted by atomic mass is 35.5. The number of nitrogens with zero attached hydrogens (tertiary/aromatic N) is 8. The van der Waals surface area contributed by atoms with E-state index in [1.165, 1.54) is 0 Å². The SMILES string of the molecule is CC1(C)C(NC(=O)c2ccc(N3CCC4(CC3)CN(CC3CN(c5ccc6c(=O)n(C7CCC(=O)NC7=O)nnc6c5)C3)C4)nc2)C(C)(C)C1Oc1ccc(C#N)c(Cl)c1. The average molecular weight is 833 g/mol. The number of hydrogen-bond acceptors (Lipinski definition) is 12. The zero-order valence-corrected chi connectivity index (χ0v) is 35.0. The molecule has 1 unspecified atom stereocenters. The molecule has 4 aromatic rings. The van der Waals surface area contributed by atoms with Crippen molar-refractivity contribution in [3.63, 3.8) is 0 Å². The predicted molar refractivity (Wildman–Crippen MR) is 225 cm³/mol. The number of fused-ring (bicyclic) bond motifs is 1. The third-order valence-electron chi connectivity index (χ3n) is 13.7. The van der Waals surface area contributed by atoms with Gasteiger partial charge in [-0.1, -0.05) is 44.5 Å². The molecule has 0 radical (unpaired) electrons. The fourth-order valence-corrected chi connectivity index (χ4v) is 10.9. The van der Waals surface area contributed by atoms with Crippen LogP contribution < -0.4 is 30.7 Å². The van der Waals surface area contributed by atoms with Crippen LogP contribution in [-0.4, -0.2) is 101 Å². The van der Waals surface area contributed by atoms with Gasteiger partial charge in [-0.15, -0.1) is 5.10 Å². The van der Waals surface area contributed by atoms with Crippen molar-refractivity contribution in [3.05, 3.63) is 81.2 Å². The summed E-state index contributed by atoms with van der Waals surface area (Å²) in [5.41, 5.74) is 1.65. The monoisotopic (exact) mass is 832 g/mol. The number of anilines is 2. The Hall–Kier alpha value is -5.59. The zero-order chi connectivity index (χ0) is 42.1. The standard InChI is InChI=1S/C44H49ClN10O5/c1-42(2)40(43(3,4)41(42)60-30-8-5-27(19-46)32(45)18-30)49-37(57)28-6-11-35(47-20-28)53-15-13-44(14-16-53)24-52(25-44)21-26-22-54(23-26)29-7-9-31-33(17-29)50-51-55(39(31)59)34-10-12-36(56)48-38(34)58/h5-9,11,17-18,20,26,34,40-41H,10,12-16,21-25H2,1-4H3,(H,49,57)(H,48,56,58). The van der Waals surface area contributed by atoms with Crippen molar-refractivity contribution < 1.29 is 19.1 Å². The lowest BCUT2D eigenvalue weighted by atomic mass is 9.49. The minimum Gasteiger partial charge on any atom is -0.489 e. The van der Waals surface area contributed by atoms with Gasteiger partial charge in [0.15, 0.2) is 0 Å². The molecule has 5 aliphatic rings. The highest BCUT2D eigenvalue weighted by molar-refractivity contribution is 6.31. The van der Waals surface area contributed by atoms with Gasteiger partial charge in [0.25, 0.3) is 17.4 Å². The Morgan fingerprint density at radius 1 is 1.00 bits per heavy atom. The first-order chi connectivity index (χ1) is 28.6. The summed E-state index contributed by atoms with van der Waals surface area (Å²) >= 11 is 6.25. The molecular formula is C44H49ClN10O5. The number of amides is 3. The minimum atomic E-state index is -0.840. The molecule has 1 aliphatic carbocycles. The minimum absolute atomic E-state index is 0.140. The van der Waals surface area contributed by atoms with E-state index in [1.807, 2.05) is 24.3 Å². The van der Waals surface area contributed by atoms with E-state index in [1.54, 1.807) is 30.5 Å². The number of benzene rings is 2. The molecule has 1 atom stereocenters. The number of nitriles is 1. The lowest BCUT2D eigenvalue weighted by Gasteiger charge is -2.63. The predicted octanol–water partition coefficient (Wildman–Crippen LogP) is 4.34. The molecule has 4 aliphatic heterocycles. The first-order valence-electron chi connectivity index (χ1n) is 20.7. The maximum absolute atomic E-state index is 13.5. The van der Waals surface area contributed by atoms with E-state index in [4.69, 9.17) is 21.3 Å². The van der Waals surface area contributed by atoms with Crippen LogP contribution in [0.3, 0.4) is 0 Å². The highest BCUT2D eigenvalue weighted by Crippen LogP contribution is 2.55. The molecule has 1 saturated carbocycles. The summed E-state index contributed by atoms with van der Waals surface area (Å²) < 4.78 is 7.47. The summed E-state index contributed by atoms with van der Waals surface area (Å²) in [4.78, 5) is 62.4. The van der Waals surface area contributed by atoms with Crippen molar-refractivity contribution in [2.45, 2.75) is 71.6 Å². The molecule has 4 saturated heterocycles. The third-order valence-corrected chi connectivity index (χ3v) is 14.0. The van der Waals surface area contributed by atoms with Crippen LogP contribution in [0, 0.1) is 33.5 Å². The Labute approximate surface area is 353 Å². The molecule has 5 fully saturated rings. The third kappa shape index (κ3) is 7.03. The number of piperidine rings is 2. The second-order valence-corrected chi connectivity index (χ2v) is 19.0. The molecule has 0 bridgehead atoms. The van der Waals surface area contributed by atoms with Crippen LogP contribution in [-0.2, 0) is 9.59 Å². The van der Waals surface area contributed by atoms with Gasteiger partial charge in [-0.3, -0.25) is 24.5 Å². The number of nitrogens with one attached hydrogen (secondary N) is 2. The van der Waals surface area contributed by atoms with Gasteiger partial charge in [-0.2, -0.15) is 9.94 Å². The van der Waals surface area contributed by atoms with Gasteiger partial charge >= 0.3 is 0 Å². The molecule has 2 aromatic heterocycles. The summed E-state index contributed by atoms with van der Waals surface area (Å²) in [5, 5.41) is 23.8. The lowest BCUT2D eigenvalue weighted by Crippen LogP contribution is -2.74. The van der Waals surface area contributed by atoms with Crippen molar-refractivity contribution in [3.8, 4) is 11.8 Å². The van der Waals surface area contributed by atoms with E-state index in [0.29, 0.717) is 44.1 Å². The number of carbonyl (C=O) groups excluding carboxylic acids is 3. The van der Waals surface area contributed by atoms with E-state index < -0.39 is 11.9 Å². The fourth-order valence-electron chi connectivity index (χ4n) is 10.7. The van der Waals surface area contributed by atoms with Crippen molar-refractivity contribution >= 4 is 51.7 Å². The zero-order valence-electron chi connectivity index (χ0n) is 34.3. The number of carbonyl (C=O) groups is 3. The summed E-state index contributed by atoms with van der Waals surface area (Å²) in [6.45, 7) is 15.4. The number of hydrogen-bond donors (Lipinski definition) is 2. The number of rotatable bonds is 9. The normalized spacial score (nSPS) is 24.5. The molecule has 9 rings (SSSR count). The van der Waals surface area contributed by atoms with Crippen LogP contribution in [0.2, 0.25) is 5.02 Å². The molecule has 2 N–H and O–H groups in total. The molecule has 60 heavy (non-hydrogen) atoms. The number of aromatic nitrogens is 4. The van der Waals surface area contributed by atoms with Gasteiger partial charge in [0.2, 0.25) is 5.91 Å². The van der Waals surface area contributed by atoms with Crippen LogP contribution in [0.1, 0.15) is 75.3 Å². The molecule has 6 heterocycles. The van der Waals surface area contributed by atoms with Crippen LogP contribution >= 0.6 is 11.6 Å². The summed E-state index contributed by atoms with van der Waals surface area (Å²) in [6.07, 6.45) is 4.09. The summed E-state index contributed by atoms with van der Waals surface area (Å²) in [6, 6.07) is 15.6. The quantitative estimate of drug-likeness (QED) is 0.229. The largest absolute Gasteiger partial charge is 0.489 e. The molecule has 1 spiro atoms. The fraction of sp³-hybridized carbons (Fsp3) is 0.500. The Balaban J connectivity index is 0.720. The van der Waals surface area contributed by atoms with E-state index in [0.717, 1.165) is 74.8 Å². The van der Waals surface area contributed by atoms with Crippen LogP contribution in [0.25, 0.3) is 10.9 Å². The number of imide groups is 1. The van der Waals surface area contributed by atoms with Gasteiger partial charge in [0, 0.05) is 93.0 Å². The second-order valence-electron chi connectivity index (χ2n) is 18.6. The first-order valence-corrected chi connectivity index (χ1v) is 21.1. The number of ether oxygens (including phenoxy) is 1. The number of likely N-dealkylation sites (tertiary alicyclic amines) is 1. The first kappa shape index (κ1) is 39.8. The van der Waals surface area contributed by atoms with Gasteiger partial charge in [-0.05, 0) is 67.1 Å². The van der Waals surface area contributed by atoms with Crippen LogP contribution in [0.4, 0.5) is 11.5 Å². The van der Waals surface area contributed by atoms with E-state index in [-0.39, 0.29) is 53.2 Å². The number of halogens is 1. The summed E-state index contributed by atoms with van der Waals surface area (Å²) in [5.74, 6) is 1.02. The van der Waals surface area contributed by atoms with Crippen molar-refractivity contribution in [1.29, 1.82) is 5.26 Å².